The van der Waals surface area contributed by atoms with E-state index in [-0.39, 0.29) is 0 Å². The van der Waals surface area contributed by atoms with Gasteiger partial charge in [-0.25, -0.2) is 0 Å². The smallest absolute Gasteiger partial charge is 0.177 e. The molecule has 2 aliphatic rings. The summed E-state index contributed by atoms with van der Waals surface area (Å²) in [4.78, 5) is 2.21. The van der Waals surface area contributed by atoms with Crippen molar-refractivity contribution in [3.63, 3.8) is 0 Å². The topological polar surface area (TPSA) is 57.7 Å². The average molecular weight is 363 g/mol. The van der Waals surface area contributed by atoms with Gasteiger partial charge in [-0.3, -0.25) is 0 Å². The van der Waals surface area contributed by atoms with Crippen molar-refractivity contribution in [1.82, 2.24) is 19.7 Å². The summed E-state index contributed by atoms with van der Waals surface area (Å²) in [6.07, 6.45) is 4.41. The number of thioether (sulfide) groups is 1. The molecule has 0 bridgehead atoms. The van der Waals surface area contributed by atoms with E-state index in [1.165, 1.54) is 6.42 Å². The lowest BCUT2D eigenvalue weighted by atomic mass is 10.1. The number of nitriles is 1. The van der Waals surface area contributed by atoms with Gasteiger partial charge in [-0.2, -0.15) is 5.26 Å². The Balaban J connectivity index is 1.76. The minimum Gasteiger partial charge on any atom is -0.334 e. The lowest BCUT2D eigenvalue weighted by Crippen LogP contribution is -2.18. The largest absolute Gasteiger partial charge is 0.334 e. The maximum absolute atomic E-state index is 9.95. The Morgan fingerprint density at radius 3 is 2.81 bits per heavy atom. The molecule has 0 saturated carbocycles. The first-order valence-electron chi connectivity index (χ1n) is 9.10. The molecular weight excluding hydrogens is 342 g/mol. The van der Waals surface area contributed by atoms with Crippen LogP contribution in [0.4, 0.5) is 0 Å². The third kappa shape index (κ3) is 2.93. The Morgan fingerprint density at radius 1 is 1.19 bits per heavy atom. The minimum atomic E-state index is 0.625. The van der Waals surface area contributed by atoms with Crippen LogP contribution in [0.2, 0.25) is 0 Å². The van der Waals surface area contributed by atoms with Crippen molar-refractivity contribution < 1.29 is 0 Å². The van der Waals surface area contributed by atoms with Gasteiger partial charge in [-0.05, 0) is 25.3 Å². The zero-order valence-corrected chi connectivity index (χ0v) is 15.7. The standard InChI is InChI=1S/C20H21N5S/c1-2-24-17(15-9-5-3-6-10-15)14-26-20(24)16(13-21)19-23-22-18-11-7-4-8-12-25(18)19/h3,5-6,9-10,14H,2,4,7-8,11-12H2,1H3/b20-16-. The molecule has 0 fully saturated rings. The van der Waals surface area contributed by atoms with Crippen molar-refractivity contribution in [1.29, 1.82) is 5.26 Å². The Morgan fingerprint density at radius 2 is 2.04 bits per heavy atom. The number of rotatable bonds is 3. The van der Waals surface area contributed by atoms with Crippen LogP contribution in [0.5, 0.6) is 0 Å². The van der Waals surface area contributed by atoms with Crippen LogP contribution in [0, 0.1) is 11.3 Å². The van der Waals surface area contributed by atoms with E-state index in [2.05, 4.69) is 50.2 Å². The molecule has 0 aliphatic carbocycles. The van der Waals surface area contributed by atoms with Crippen molar-refractivity contribution in [2.75, 3.05) is 6.54 Å². The number of aryl methyl sites for hydroxylation is 1. The van der Waals surface area contributed by atoms with E-state index in [4.69, 9.17) is 0 Å². The van der Waals surface area contributed by atoms with E-state index in [0.29, 0.717) is 11.4 Å². The molecule has 3 heterocycles. The zero-order valence-electron chi connectivity index (χ0n) is 14.9. The van der Waals surface area contributed by atoms with Gasteiger partial charge < -0.3 is 9.47 Å². The van der Waals surface area contributed by atoms with E-state index >= 15 is 0 Å². The number of hydrogen-bond acceptors (Lipinski definition) is 5. The number of hydrogen-bond donors (Lipinski definition) is 0. The molecule has 4 rings (SSSR count). The number of aromatic nitrogens is 3. The molecule has 0 saturated heterocycles. The van der Waals surface area contributed by atoms with Gasteiger partial charge in [-0.15, -0.1) is 10.2 Å². The average Bonchev–Trinajstić information content (AvgIpc) is 3.21. The summed E-state index contributed by atoms with van der Waals surface area (Å²) in [5.74, 6) is 1.72. The summed E-state index contributed by atoms with van der Waals surface area (Å²) in [5, 5.41) is 21.8. The van der Waals surface area contributed by atoms with Gasteiger partial charge in [0.2, 0.25) is 0 Å². The Hall–Kier alpha value is -2.52. The van der Waals surface area contributed by atoms with Gasteiger partial charge in [0, 0.05) is 24.9 Å². The van der Waals surface area contributed by atoms with Crippen molar-refractivity contribution in [2.45, 2.75) is 39.2 Å². The highest BCUT2D eigenvalue weighted by molar-refractivity contribution is 8.06. The second kappa shape index (κ2) is 7.38. The molecule has 5 nitrogen and oxygen atoms in total. The Bertz CT molecular complexity index is 904. The van der Waals surface area contributed by atoms with E-state index in [1.807, 2.05) is 18.2 Å². The van der Waals surface area contributed by atoms with Crippen LogP contribution in [0.3, 0.4) is 0 Å². The van der Waals surface area contributed by atoms with Gasteiger partial charge in [0.1, 0.15) is 22.5 Å². The maximum Gasteiger partial charge on any atom is 0.177 e. The van der Waals surface area contributed by atoms with Gasteiger partial charge in [-0.1, -0.05) is 48.5 Å². The lowest BCUT2D eigenvalue weighted by Gasteiger charge is -2.22. The molecule has 0 amide bonds. The first kappa shape index (κ1) is 16.9. The molecule has 0 unspecified atom stereocenters. The minimum absolute atomic E-state index is 0.625. The summed E-state index contributed by atoms with van der Waals surface area (Å²) < 4.78 is 2.15. The molecule has 132 valence electrons. The van der Waals surface area contributed by atoms with Gasteiger partial charge in [0.05, 0.1) is 5.70 Å². The van der Waals surface area contributed by atoms with E-state index in [1.54, 1.807) is 11.8 Å². The summed E-state index contributed by atoms with van der Waals surface area (Å²) in [6.45, 7) is 3.81. The summed E-state index contributed by atoms with van der Waals surface area (Å²) in [7, 11) is 0. The first-order valence-corrected chi connectivity index (χ1v) is 9.98. The van der Waals surface area contributed by atoms with Gasteiger partial charge in [0.15, 0.2) is 5.82 Å². The molecule has 0 N–H and O–H groups in total. The number of nitrogens with zero attached hydrogens (tertiary/aromatic N) is 5. The SMILES string of the molecule is CCN1C(c2ccccc2)=CS/C1=C(/C#N)c1nnc2n1CCCCC2. The third-order valence-electron chi connectivity index (χ3n) is 4.86. The Kier molecular flexibility index (Phi) is 4.81. The summed E-state index contributed by atoms with van der Waals surface area (Å²) in [5.41, 5.74) is 2.92. The Labute approximate surface area is 158 Å². The van der Waals surface area contributed by atoms with E-state index < -0.39 is 0 Å². The van der Waals surface area contributed by atoms with Crippen molar-refractivity contribution in [3.05, 3.63) is 58.0 Å². The highest BCUT2D eigenvalue weighted by Crippen LogP contribution is 2.42. The molecular formula is C20H21N5S. The highest BCUT2D eigenvalue weighted by Gasteiger charge is 2.28. The van der Waals surface area contributed by atoms with Crippen LogP contribution in [-0.4, -0.2) is 26.2 Å². The molecule has 6 heteroatoms. The number of allylic oxidation sites excluding steroid dienone is 1. The summed E-state index contributed by atoms with van der Waals surface area (Å²) in [6, 6.07) is 12.7. The monoisotopic (exact) mass is 363 g/mol. The van der Waals surface area contributed by atoms with Crippen molar-refractivity contribution in [2.24, 2.45) is 0 Å². The second-order valence-corrected chi connectivity index (χ2v) is 7.28. The zero-order chi connectivity index (χ0) is 17.9. The molecule has 26 heavy (non-hydrogen) atoms. The maximum atomic E-state index is 9.95. The first-order chi connectivity index (χ1) is 12.8. The quantitative estimate of drug-likeness (QED) is 0.763. The number of benzene rings is 1. The van der Waals surface area contributed by atoms with E-state index in [0.717, 1.165) is 54.5 Å². The normalized spacial score (nSPS) is 18.8. The molecule has 0 radical (unpaired) electrons. The molecule has 0 spiro atoms. The third-order valence-corrected chi connectivity index (χ3v) is 5.85. The lowest BCUT2D eigenvalue weighted by molar-refractivity contribution is 0.556. The van der Waals surface area contributed by atoms with Gasteiger partial charge in [0.25, 0.3) is 0 Å². The number of fused-ring (bicyclic) bond motifs is 1. The van der Waals surface area contributed by atoms with E-state index in [9.17, 15) is 5.26 Å². The second-order valence-electron chi connectivity index (χ2n) is 6.43. The summed E-state index contributed by atoms with van der Waals surface area (Å²) >= 11 is 1.60. The van der Waals surface area contributed by atoms with Crippen LogP contribution in [0.1, 0.15) is 43.4 Å². The fourth-order valence-electron chi connectivity index (χ4n) is 3.55. The fourth-order valence-corrected chi connectivity index (χ4v) is 4.65. The van der Waals surface area contributed by atoms with Crippen molar-refractivity contribution in [3.8, 4) is 6.07 Å². The molecule has 1 aromatic heterocycles. The predicted octanol–water partition coefficient (Wildman–Crippen LogP) is 4.26. The molecule has 2 aliphatic heterocycles. The fraction of sp³-hybridized carbons (Fsp3) is 0.350. The van der Waals surface area contributed by atoms with Crippen LogP contribution in [0.15, 0.2) is 40.8 Å². The highest BCUT2D eigenvalue weighted by atomic mass is 32.2. The molecule has 0 atom stereocenters. The van der Waals surface area contributed by atoms with Crippen LogP contribution >= 0.6 is 11.8 Å². The van der Waals surface area contributed by atoms with Gasteiger partial charge >= 0.3 is 0 Å². The molecule has 1 aromatic carbocycles. The van der Waals surface area contributed by atoms with Crippen molar-refractivity contribution >= 4 is 23.0 Å². The molecule has 2 aromatic rings. The van der Waals surface area contributed by atoms with Crippen LogP contribution < -0.4 is 0 Å². The predicted molar refractivity (Wildman–Crippen MR) is 105 cm³/mol. The van der Waals surface area contributed by atoms with Crippen LogP contribution in [0.25, 0.3) is 11.3 Å². The van der Waals surface area contributed by atoms with Crippen LogP contribution in [-0.2, 0) is 13.0 Å².